The molecular formula is C19H18FN3O2S. The van der Waals surface area contributed by atoms with Crippen molar-refractivity contribution < 1.29 is 13.9 Å². The number of nitrogens with zero attached hydrogens (tertiary/aromatic N) is 3. The first-order valence-electron chi connectivity index (χ1n) is 8.11. The van der Waals surface area contributed by atoms with Crippen LogP contribution in [0, 0.1) is 5.82 Å². The van der Waals surface area contributed by atoms with Gasteiger partial charge in [0.25, 0.3) is 0 Å². The third-order valence-corrected chi connectivity index (χ3v) is 4.85. The van der Waals surface area contributed by atoms with Crippen LogP contribution in [0.25, 0.3) is 11.4 Å². The second-order valence-electron chi connectivity index (χ2n) is 5.50. The van der Waals surface area contributed by atoms with Crippen molar-refractivity contribution in [2.24, 2.45) is 0 Å². The lowest BCUT2D eigenvalue weighted by Crippen LogP contribution is -2.05. The fourth-order valence-electron chi connectivity index (χ4n) is 2.48. The molecule has 0 aliphatic heterocycles. The molecule has 0 radical (unpaired) electrons. The second-order valence-corrected chi connectivity index (χ2v) is 6.44. The molecule has 0 aliphatic rings. The molecule has 3 rings (SSSR count). The van der Waals surface area contributed by atoms with Crippen LogP contribution in [-0.2, 0) is 6.54 Å². The lowest BCUT2D eigenvalue weighted by atomic mass is 10.1. The van der Waals surface area contributed by atoms with E-state index in [1.165, 1.54) is 36.0 Å². The van der Waals surface area contributed by atoms with Crippen molar-refractivity contribution in [3.63, 3.8) is 0 Å². The molecule has 0 saturated heterocycles. The van der Waals surface area contributed by atoms with Crippen LogP contribution >= 0.6 is 11.8 Å². The van der Waals surface area contributed by atoms with Gasteiger partial charge in [0.2, 0.25) is 0 Å². The third-order valence-electron chi connectivity index (χ3n) is 3.88. The van der Waals surface area contributed by atoms with E-state index in [0.29, 0.717) is 17.3 Å². The van der Waals surface area contributed by atoms with E-state index < -0.39 is 0 Å². The highest BCUT2D eigenvalue weighted by molar-refractivity contribution is 7.99. The molecule has 2 aromatic carbocycles. The molecule has 7 heteroatoms. The number of hydrogen-bond acceptors (Lipinski definition) is 5. The minimum absolute atomic E-state index is 0.0772. The molecule has 0 amide bonds. The predicted molar refractivity (Wildman–Crippen MR) is 99.1 cm³/mol. The minimum Gasteiger partial charge on any atom is -0.497 e. The number of Topliss-reactive ketones (excluding diaryl/α,β-unsaturated/α-hetero) is 1. The molecule has 0 aliphatic carbocycles. The highest BCUT2D eigenvalue weighted by atomic mass is 32.2. The SMILES string of the molecule is CCn1c(SCC(=O)c2ccc(F)cc2)nnc1-c1ccc(OC)cc1. The van der Waals surface area contributed by atoms with Crippen LogP contribution in [0.5, 0.6) is 5.75 Å². The number of methoxy groups -OCH3 is 1. The summed E-state index contributed by atoms with van der Waals surface area (Å²) < 4.78 is 20.1. The number of rotatable bonds is 7. The Labute approximate surface area is 155 Å². The number of hydrogen-bond donors (Lipinski definition) is 0. The first-order chi connectivity index (χ1) is 12.6. The Bertz CT molecular complexity index is 892. The van der Waals surface area contributed by atoms with E-state index >= 15 is 0 Å². The summed E-state index contributed by atoms with van der Waals surface area (Å²) in [6.45, 7) is 2.68. The number of carbonyl (C=O) groups is 1. The molecule has 0 unspecified atom stereocenters. The Morgan fingerprint density at radius 2 is 1.81 bits per heavy atom. The highest BCUT2D eigenvalue weighted by Gasteiger charge is 2.15. The molecule has 1 aromatic heterocycles. The molecule has 0 N–H and O–H groups in total. The molecule has 3 aromatic rings. The van der Waals surface area contributed by atoms with Crippen LogP contribution in [-0.4, -0.2) is 33.4 Å². The number of halogens is 1. The maximum atomic E-state index is 13.0. The summed E-state index contributed by atoms with van der Waals surface area (Å²) in [7, 11) is 1.62. The number of benzene rings is 2. The maximum Gasteiger partial charge on any atom is 0.191 e. The van der Waals surface area contributed by atoms with Crippen LogP contribution in [0.1, 0.15) is 17.3 Å². The van der Waals surface area contributed by atoms with Gasteiger partial charge in [0.15, 0.2) is 16.8 Å². The van der Waals surface area contributed by atoms with Gasteiger partial charge in [-0.25, -0.2) is 4.39 Å². The normalized spacial score (nSPS) is 10.7. The zero-order valence-corrected chi connectivity index (χ0v) is 15.3. The van der Waals surface area contributed by atoms with Crippen LogP contribution in [0.3, 0.4) is 0 Å². The van der Waals surface area contributed by atoms with Crippen molar-refractivity contribution in [2.75, 3.05) is 12.9 Å². The van der Waals surface area contributed by atoms with Crippen molar-refractivity contribution >= 4 is 17.5 Å². The average Bonchev–Trinajstić information content (AvgIpc) is 3.09. The Morgan fingerprint density at radius 3 is 2.42 bits per heavy atom. The number of ether oxygens (including phenoxy) is 1. The van der Waals surface area contributed by atoms with E-state index in [-0.39, 0.29) is 17.4 Å². The molecule has 0 atom stereocenters. The van der Waals surface area contributed by atoms with Crippen LogP contribution in [0.15, 0.2) is 53.7 Å². The van der Waals surface area contributed by atoms with Crippen molar-refractivity contribution in [3.8, 4) is 17.1 Å². The fourth-order valence-corrected chi connectivity index (χ4v) is 3.38. The standard InChI is InChI=1S/C19H18FN3O2S/c1-3-23-18(14-6-10-16(25-2)11-7-14)21-22-19(23)26-12-17(24)13-4-8-15(20)9-5-13/h4-11H,3,12H2,1-2H3. The summed E-state index contributed by atoms with van der Waals surface area (Å²) >= 11 is 1.32. The van der Waals surface area contributed by atoms with E-state index in [1.54, 1.807) is 7.11 Å². The Kier molecular flexibility index (Phi) is 5.68. The molecule has 26 heavy (non-hydrogen) atoms. The molecular weight excluding hydrogens is 353 g/mol. The van der Waals surface area contributed by atoms with Crippen molar-refractivity contribution in [1.82, 2.24) is 14.8 Å². The summed E-state index contributed by atoms with van der Waals surface area (Å²) in [5, 5.41) is 9.16. The monoisotopic (exact) mass is 371 g/mol. The van der Waals surface area contributed by atoms with Gasteiger partial charge >= 0.3 is 0 Å². The van der Waals surface area contributed by atoms with Crippen molar-refractivity contribution in [3.05, 3.63) is 59.9 Å². The van der Waals surface area contributed by atoms with Crippen molar-refractivity contribution in [2.45, 2.75) is 18.6 Å². The van der Waals surface area contributed by atoms with Crippen LogP contribution in [0.2, 0.25) is 0 Å². The zero-order valence-electron chi connectivity index (χ0n) is 14.5. The summed E-state index contributed by atoms with van der Waals surface area (Å²) in [4.78, 5) is 12.3. The fraction of sp³-hybridized carbons (Fsp3) is 0.211. The van der Waals surface area contributed by atoms with Gasteiger partial charge in [0.05, 0.1) is 12.9 Å². The average molecular weight is 371 g/mol. The van der Waals surface area contributed by atoms with Crippen molar-refractivity contribution in [1.29, 1.82) is 0 Å². The van der Waals surface area contributed by atoms with Crippen LogP contribution < -0.4 is 4.74 Å². The topological polar surface area (TPSA) is 57.0 Å². The minimum atomic E-state index is -0.357. The van der Waals surface area contributed by atoms with E-state index in [1.807, 2.05) is 35.8 Å². The van der Waals surface area contributed by atoms with Crippen LogP contribution in [0.4, 0.5) is 4.39 Å². The molecule has 0 fully saturated rings. The first kappa shape index (κ1) is 18.1. The quantitative estimate of drug-likeness (QED) is 0.462. The molecule has 1 heterocycles. The maximum absolute atomic E-state index is 13.0. The van der Waals surface area contributed by atoms with Gasteiger partial charge in [0.1, 0.15) is 11.6 Å². The summed E-state index contributed by atoms with van der Waals surface area (Å²) in [5.41, 5.74) is 1.41. The molecule has 0 bridgehead atoms. The number of thioether (sulfide) groups is 1. The van der Waals surface area contributed by atoms with Gasteiger partial charge in [0, 0.05) is 17.7 Å². The predicted octanol–water partition coefficient (Wildman–Crippen LogP) is 4.09. The van der Waals surface area contributed by atoms with Gasteiger partial charge < -0.3 is 9.30 Å². The number of carbonyl (C=O) groups excluding carboxylic acids is 1. The molecule has 0 saturated carbocycles. The summed E-state index contributed by atoms with van der Waals surface area (Å²) in [5.74, 6) is 1.30. The lowest BCUT2D eigenvalue weighted by molar-refractivity contribution is 0.102. The van der Waals surface area contributed by atoms with E-state index in [0.717, 1.165) is 17.1 Å². The zero-order chi connectivity index (χ0) is 18.5. The smallest absolute Gasteiger partial charge is 0.191 e. The van der Waals surface area contributed by atoms with E-state index in [2.05, 4.69) is 10.2 Å². The molecule has 0 spiro atoms. The van der Waals surface area contributed by atoms with Gasteiger partial charge in [-0.2, -0.15) is 0 Å². The third kappa shape index (κ3) is 3.94. The first-order valence-corrected chi connectivity index (χ1v) is 9.10. The number of ketones is 1. The number of aromatic nitrogens is 3. The lowest BCUT2D eigenvalue weighted by Gasteiger charge is -2.08. The second kappa shape index (κ2) is 8.14. The van der Waals surface area contributed by atoms with Gasteiger partial charge in [-0.1, -0.05) is 11.8 Å². The largest absolute Gasteiger partial charge is 0.497 e. The Balaban J connectivity index is 1.75. The summed E-state index contributed by atoms with van der Waals surface area (Å²) in [6.07, 6.45) is 0. The Hall–Kier alpha value is -2.67. The highest BCUT2D eigenvalue weighted by Crippen LogP contribution is 2.26. The van der Waals surface area contributed by atoms with Gasteiger partial charge in [-0.3, -0.25) is 4.79 Å². The van der Waals surface area contributed by atoms with E-state index in [9.17, 15) is 9.18 Å². The molecule has 134 valence electrons. The van der Waals surface area contributed by atoms with Gasteiger partial charge in [-0.15, -0.1) is 10.2 Å². The Morgan fingerprint density at radius 1 is 1.12 bits per heavy atom. The molecule has 5 nitrogen and oxygen atoms in total. The van der Waals surface area contributed by atoms with E-state index in [4.69, 9.17) is 4.74 Å². The van der Waals surface area contributed by atoms with Gasteiger partial charge in [-0.05, 0) is 55.5 Å². The summed E-state index contributed by atoms with van der Waals surface area (Å²) in [6, 6.07) is 13.1.